The number of ether oxygens (including phenoxy) is 2. The highest BCUT2D eigenvalue weighted by Crippen LogP contribution is 2.21. The van der Waals surface area contributed by atoms with E-state index in [9.17, 15) is 27.9 Å². The highest BCUT2D eigenvalue weighted by molar-refractivity contribution is 7.89. The van der Waals surface area contributed by atoms with Crippen LogP contribution in [0.2, 0.25) is 0 Å². The molecule has 1 atom stereocenters. The van der Waals surface area contributed by atoms with Gasteiger partial charge in [-0.25, -0.2) is 18.0 Å². The van der Waals surface area contributed by atoms with Gasteiger partial charge in [-0.2, -0.15) is 4.72 Å². The van der Waals surface area contributed by atoms with E-state index in [1.165, 1.54) is 6.07 Å². The third-order valence-electron chi connectivity index (χ3n) is 3.40. The van der Waals surface area contributed by atoms with Crippen molar-refractivity contribution < 1.29 is 37.4 Å². The summed E-state index contributed by atoms with van der Waals surface area (Å²) in [6.45, 7) is 3.48. The van der Waals surface area contributed by atoms with Crippen molar-refractivity contribution in [1.82, 2.24) is 4.72 Å². The van der Waals surface area contributed by atoms with Crippen molar-refractivity contribution in [3.05, 3.63) is 29.3 Å². The van der Waals surface area contributed by atoms with Crippen LogP contribution in [0.15, 0.2) is 23.1 Å². The quantitative estimate of drug-likeness (QED) is 0.631. The average molecular weight is 387 g/mol. The number of carbonyl (C=O) groups is 3. The van der Waals surface area contributed by atoms with Crippen molar-refractivity contribution in [2.75, 3.05) is 14.2 Å². The third kappa shape index (κ3) is 5.27. The summed E-state index contributed by atoms with van der Waals surface area (Å²) < 4.78 is 36.5. The van der Waals surface area contributed by atoms with E-state index in [1.54, 1.807) is 13.8 Å². The Kier molecular flexibility index (Phi) is 7.28. The molecular formula is C16H21NO8S. The van der Waals surface area contributed by atoms with Crippen LogP contribution >= 0.6 is 0 Å². The fourth-order valence-corrected chi connectivity index (χ4v) is 3.61. The van der Waals surface area contributed by atoms with Crippen LogP contribution in [0.25, 0.3) is 0 Å². The molecule has 0 radical (unpaired) electrons. The zero-order valence-corrected chi connectivity index (χ0v) is 15.6. The van der Waals surface area contributed by atoms with Crippen molar-refractivity contribution in [3.63, 3.8) is 0 Å². The number of methoxy groups -OCH3 is 2. The van der Waals surface area contributed by atoms with Gasteiger partial charge >= 0.3 is 17.9 Å². The molecule has 9 nitrogen and oxygen atoms in total. The molecule has 26 heavy (non-hydrogen) atoms. The SMILES string of the molecule is COC(=O)c1ccc(C(=O)OC)c(S(=O)(=O)N[C@@H](CC(C)C)C(=O)O)c1. The third-order valence-corrected chi connectivity index (χ3v) is 4.91. The Labute approximate surface area is 151 Å². The molecule has 144 valence electrons. The number of rotatable bonds is 8. The van der Waals surface area contributed by atoms with E-state index in [4.69, 9.17) is 0 Å². The molecular weight excluding hydrogens is 366 g/mol. The summed E-state index contributed by atoms with van der Waals surface area (Å²) in [5.74, 6) is -3.21. The minimum absolute atomic E-state index is 0.0405. The zero-order valence-electron chi connectivity index (χ0n) is 14.8. The molecule has 0 spiro atoms. The smallest absolute Gasteiger partial charge is 0.339 e. The largest absolute Gasteiger partial charge is 0.480 e. The van der Waals surface area contributed by atoms with Gasteiger partial charge in [0.15, 0.2) is 0 Å². The Balaban J connectivity index is 3.45. The van der Waals surface area contributed by atoms with Crippen molar-refractivity contribution in [3.8, 4) is 0 Å². The van der Waals surface area contributed by atoms with Gasteiger partial charge < -0.3 is 14.6 Å². The molecule has 10 heteroatoms. The molecule has 0 aromatic heterocycles. The van der Waals surface area contributed by atoms with Crippen LogP contribution in [-0.4, -0.2) is 51.7 Å². The summed E-state index contributed by atoms with van der Waals surface area (Å²) in [7, 11) is -2.25. The first-order valence-electron chi connectivity index (χ1n) is 7.59. The van der Waals surface area contributed by atoms with E-state index in [0.29, 0.717) is 0 Å². The molecule has 0 saturated carbocycles. The predicted octanol–water partition coefficient (Wildman–Crippen LogP) is 1.04. The van der Waals surface area contributed by atoms with Gasteiger partial charge in [0.05, 0.1) is 30.2 Å². The number of carboxylic acids is 1. The maximum Gasteiger partial charge on any atom is 0.339 e. The Morgan fingerprint density at radius 1 is 1.12 bits per heavy atom. The van der Waals surface area contributed by atoms with E-state index in [-0.39, 0.29) is 23.5 Å². The molecule has 0 unspecified atom stereocenters. The zero-order chi connectivity index (χ0) is 20.1. The Hall–Kier alpha value is -2.46. The minimum Gasteiger partial charge on any atom is -0.480 e. The first-order valence-corrected chi connectivity index (χ1v) is 9.07. The molecule has 0 saturated heterocycles. The Bertz CT molecular complexity index is 800. The summed E-state index contributed by atoms with van der Waals surface area (Å²) in [5.41, 5.74) is -0.447. The number of carbonyl (C=O) groups excluding carboxylic acids is 2. The van der Waals surface area contributed by atoms with E-state index in [2.05, 4.69) is 14.2 Å². The van der Waals surface area contributed by atoms with Crippen molar-refractivity contribution >= 4 is 27.9 Å². The number of aliphatic carboxylic acids is 1. The van der Waals surface area contributed by atoms with Gasteiger partial charge in [0.25, 0.3) is 0 Å². The van der Waals surface area contributed by atoms with Gasteiger partial charge in [-0.1, -0.05) is 13.8 Å². The first kappa shape index (κ1) is 21.6. The lowest BCUT2D eigenvalue weighted by Crippen LogP contribution is -2.42. The molecule has 0 aliphatic heterocycles. The van der Waals surface area contributed by atoms with E-state index in [1.807, 2.05) is 0 Å². The molecule has 0 fully saturated rings. The lowest BCUT2D eigenvalue weighted by atomic mass is 10.1. The topological polar surface area (TPSA) is 136 Å². The standard InChI is InChI=1S/C16H21NO8S/c1-9(2)7-12(14(18)19)17-26(22,23)13-8-10(15(20)24-3)5-6-11(13)16(21)25-4/h5-6,8-9,12,17H,7H2,1-4H3,(H,18,19)/t12-/m0/s1. The molecule has 1 aromatic carbocycles. The van der Waals surface area contributed by atoms with Crippen molar-refractivity contribution in [2.24, 2.45) is 5.92 Å². The maximum absolute atomic E-state index is 12.7. The van der Waals surface area contributed by atoms with Gasteiger partial charge in [-0.3, -0.25) is 4.79 Å². The monoisotopic (exact) mass is 387 g/mol. The summed E-state index contributed by atoms with van der Waals surface area (Å²) in [5, 5.41) is 9.25. The van der Waals surface area contributed by atoms with Crippen LogP contribution in [-0.2, 0) is 24.3 Å². The van der Waals surface area contributed by atoms with Gasteiger partial charge in [0.1, 0.15) is 6.04 Å². The number of esters is 2. The molecule has 0 aliphatic rings. The number of hydrogen-bond acceptors (Lipinski definition) is 7. The summed E-state index contributed by atoms with van der Waals surface area (Å²) >= 11 is 0. The highest BCUT2D eigenvalue weighted by Gasteiger charge is 2.30. The number of benzene rings is 1. The van der Waals surface area contributed by atoms with Crippen LogP contribution in [0.1, 0.15) is 41.0 Å². The molecule has 2 N–H and O–H groups in total. The molecule has 1 rings (SSSR count). The second-order valence-electron chi connectivity index (χ2n) is 5.84. The van der Waals surface area contributed by atoms with Gasteiger partial charge in [-0.15, -0.1) is 0 Å². The second kappa shape index (κ2) is 8.77. The molecule has 0 aliphatic carbocycles. The average Bonchev–Trinajstić information content (AvgIpc) is 2.58. The van der Waals surface area contributed by atoms with Gasteiger partial charge in [0, 0.05) is 0 Å². The molecule has 0 bridgehead atoms. The van der Waals surface area contributed by atoms with Crippen LogP contribution in [0.5, 0.6) is 0 Å². The molecule has 0 heterocycles. The molecule has 1 aromatic rings. The maximum atomic E-state index is 12.7. The fraction of sp³-hybridized carbons (Fsp3) is 0.438. The number of sulfonamides is 1. The fourth-order valence-electron chi connectivity index (χ4n) is 2.19. The minimum atomic E-state index is -4.44. The van der Waals surface area contributed by atoms with E-state index in [0.717, 1.165) is 26.4 Å². The van der Waals surface area contributed by atoms with Crippen LogP contribution < -0.4 is 4.72 Å². The van der Waals surface area contributed by atoms with Gasteiger partial charge in [-0.05, 0) is 30.5 Å². The predicted molar refractivity (Wildman–Crippen MR) is 90.3 cm³/mol. The Morgan fingerprint density at radius 3 is 2.15 bits per heavy atom. The van der Waals surface area contributed by atoms with E-state index >= 15 is 0 Å². The van der Waals surface area contributed by atoms with Crippen molar-refractivity contribution in [1.29, 1.82) is 0 Å². The van der Waals surface area contributed by atoms with Crippen LogP contribution in [0.3, 0.4) is 0 Å². The Morgan fingerprint density at radius 2 is 1.69 bits per heavy atom. The number of nitrogens with one attached hydrogen (secondary N) is 1. The summed E-state index contributed by atoms with van der Waals surface area (Å²) in [6.07, 6.45) is 0.0405. The lowest BCUT2D eigenvalue weighted by molar-refractivity contribution is -0.139. The van der Waals surface area contributed by atoms with Gasteiger partial charge in [0.2, 0.25) is 10.0 Å². The lowest BCUT2D eigenvalue weighted by Gasteiger charge is -2.18. The second-order valence-corrected chi connectivity index (χ2v) is 7.52. The first-order chi connectivity index (χ1) is 12.0. The molecule has 0 amide bonds. The number of carboxylic acid groups (broad SMARTS) is 1. The van der Waals surface area contributed by atoms with Crippen molar-refractivity contribution in [2.45, 2.75) is 31.2 Å². The summed E-state index contributed by atoms with van der Waals surface area (Å²) in [6, 6.07) is 1.85. The van der Waals surface area contributed by atoms with Crippen LogP contribution in [0, 0.1) is 5.92 Å². The van der Waals surface area contributed by atoms with E-state index < -0.39 is 38.9 Å². The normalized spacial score (nSPS) is 12.5. The van der Waals surface area contributed by atoms with Crippen LogP contribution in [0.4, 0.5) is 0 Å². The summed E-state index contributed by atoms with van der Waals surface area (Å²) in [4.78, 5) is 34.3. The number of hydrogen-bond donors (Lipinski definition) is 2. The highest BCUT2D eigenvalue weighted by atomic mass is 32.2.